The summed E-state index contributed by atoms with van der Waals surface area (Å²) < 4.78 is 6.37. The van der Waals surface area contributed by atoms with Crippen LogP contribution in [0.25, 0.3) is 60.9 Å². The van der Waals surface area contributed by atoms with Gasteiger partial charge in [-0.1, -0.05) is 165 Å². The smallest absolute Gasteiger partial charge is 0.136 e. The van der Waals surface area contributed by atoms with E-state index in [-0.39, 0.29) is 0 Å². The van der Waals surface area contributed by atoms with Crippen LogP contribution in [0.2, 0.25) is 0 Å². The molecule has 0 aliphatic heterocycles. The molecule has 0 saturated heterocycles. The monoisotopic (exact) mass is 727 g/mol. The van der Waals surface area contributed by atoms with Crippen molar-refractivity contribution in [3.8, 4) is 33.4 Å². The van der Waals surface area contributed by atoms with Crippen molar-refractivity contribution in [2.75, 3.05) is 4.90 Å². The zero-order valence-electron chi connectivity index (χ0n) is 31.3. The van der Waals surface area contributed by atoms with Gasteiger partial charge in [0, 0.05) is 27.7 Å². The first-order valence-electron chi connectivity index (χ1n) is 19.5. The number of nitrogens with zero attached hydrogens (tertiary/aromatic N) is 1. The van der Waals surface area contributed by atoms with E-state index in [0.29, 0.717) is 0 Å². The van der Waals surface area contributed by atoms with Crippen molar-refractivity contribution < 1.29 is 4.42 Å². The number of rotatable bonds is 7. The Balaban J connectivity index is 1.17. The molecule has 0 saturated carbocycles. The molecule has 11 rings (SSSR count). The average Bonchev–Trinajstić information content (AvgIpc) is 3.90. The van der Waals surface area contributed by atoms with Crippen LogP contribution in [0.5, 0.6) is 0 Å². The van der Waals surface area contributed by atoms with Crippen LogP contribution in [-0.2, 0) is 5.41 Å². The van der Waals surface area contributed by atoms with Crippen LogP contribution < -0.4 is 4.90 Å². The summed E-state index contributed by atoms with van der Waals surface area (Å²) in [5, 5.41) is 2.25. The largest absolute Gasteiger partial charge is 0.456 e. The van der Waals surface area contributed by atoms with Gasteiger partial charge < -0.3 is 9.32 Å². The SMILES string of the molecule is C=CC1=C(C=C)C2(c3ccccc31)c1ccccc1-c1ccc(N(c3ccccc3)c3cc(-c4ccc5c(c4)oc4ccccc45)ccc3-c3ccccc3)cc12. The van der Waals surface area contributed by atoms with E-state index in [4.69, 9.17) is 4.42 Å². The molecule has 1 heterocycles. The van der Waals surface area contributed by atoms with Crippen molar-refractivity contribution in [3.63, 3.8) is 0 Å². The molecule has 1 spiro atoms. The van der Waals surface area contributed by atoms with Crippen LogP contribution in [0.15, 0.2) is 223 Å². The minimum atomic E-state index is -0.543. The average molecular weight is 728 g/mol. The standard InChI is InChI=1S/C55H37NO/c1-3-41-43-21-11-14-24-49(43)55(48(41)4-2)50-25-15-12-22-44(50)45-32-29-40(35-51(45)55)56(39-19-9-6-10-20-39)52-33-37(27-30-42(52)36-17-7-5-8-18-36)38-28-31-47-46-23-13-16-26-53(46)57-54(47)34-38/h3-35H,1-2H2. The van der Waals surface area contributed by atoms with E-state index in [0.717, 1.165) is 66.8 Å². The van der Waals surface area contributed by atoms with E-state index in [1.54, 1.807) is 0 Å². The zero-order valence-corrected chi connectivity index (χ0v) is 31.3. The number of anilines is 3. The Kier molecular flexibility index (Phi) is 7.42. The molecule has 1 atom stereocenters. The highest BCUT2D eigenvalue weighted by Crippen LogP contribution is 2.63. The van der Waals surface area contributed by atoms with Gasteiger partial charge in [-0.15, -0.1) is 0 Å². The molecule has 0 amide bonds. The highest BCUT2D eigenvalue weighted by molar-refractivity contribution is 6.06. The Bertz CT molecular complexity index is 3110. The second kappa shape index (κ2) is 12.8. The molecule has 2 aliphatic carbocycles. The maximum absolute atomic E-state index is 6.37. The maximum Gasteiger partial charge on any atom is 0.136 e. The summed E-state index contributed by atoms with van der Waals surface area (Å²) in [6.45, 7) is 8.74. The number of para-hydroxylation sites is 2. The number of hydrogen-bond donors (Lipinski definition) is 0. The molecule has 9 aromatic rings. The van der Waals surface area contributed by atoms with Crippen molar-refractivity contribution in [3.05, 3.63) is 241 Å². The van der Waals surface area contributed by atoms with E-state index < -0.39 is 5.41 Å². The fourth-order valence-electron chi connectivity index (χ4n) is 9.67. The van der Waals surface area contributed by atoms with Gasteiger partial charge in [0.1, 0.15) is 11.2 Å². The Hall–Kier alpha value is -7.42. The first-order chi connectivity index (χ1) is 28.2. The third kappa shape index (κ3) is 4.77. The third-order valence-electron chi connectivity index (χ3n) is 12.1. The summed E-state index contributed by atoms with van der Waals surface area (Å²) in [6, 6.07) is 67.8. The number of hydrogen-bond acceptors (Lipinski definition) is 2. The van der Waals surface area contributed by atoms with E-state index >= 15 is 0 Å². The quantitative estimate of drug-likeness (QED) is 0.163. The number of allylic oxidation sites excluding steroid dienone is 4. The van der Waals surface area contributed by atoms with Gasteiger partial charge in [-0.3, -0.25) is 0 Å². The molecule has 268 valence electrons. The molecule has 2 nitrogen and oxygen atoms in total. The number of furan rings is 1. The van der Waals surface area contributed by atoms with Crippen molar-refractivity contribution >= 4 is 44.6 Å². The molecule has 57 heavy (non-hydrogen) atoms. The molecule has 0 bridgehead atoms. The van der Waals surface area contributed by atoms with Gasteiger partial charge in [0.15, 0.2) is 0 Å². The second-order valence-electron chi connectivity index (χ2n) is 14.9. The molecule has 0 radical (unpaired) electrons. The van der Waals surface area contributed by atoms with Gasteiger partial charge >= 0.3 is 0 Å². The molecule has 1 unspecified atom stereocenters. The van der Waals surface area contributed by atoms with Crippen LogP contribution in [0, 0.1) is 0 Å². The fraction of sp³-hybridized carbons (Fsp3) is 0.0182. The van der Waals surface area contributed by atoms with Crippen molar-refractivity contribution in [1.29, 1.82) is 0 Å². The van der Waals surface area contributed by atoms with Crippen LogP contribution >= 0.6 is 0 Å². The summed E-state index contributed by atoms with van der Waals surface area (Å²) in [4.78, 5) is 2.43. The van der Waals surface area contributed by atoms with Crippen LogP contribution in [0.3, 0.4) is 0 Å². The minimum Gasteiger partial charge on any atom is -0.456 e. The molecular formula is C55H37NO. The Morgan fingerprint density at radius 1 is 0.421 bits per heavy atom. The normalized spacial score (nSPS) is 15.2. The van der Waals surface area contributed by atoms with Gasteiger partial charge in [-0.05, 0) is 110 Å². The van der Waals surface area contributed by atoms with E-state index in [2.05, 4.69) is 200 Å². The molecule has 2 aliphatic rings. The van der Waals surface area contributed by atoms with E-state index in [9.17, 15) is 0 Å². The number of benzene rings is 8. The Labute approximate surface area is 332 Å². The first kappa shape index (κ1) is 33.0. The van der Waals surface area contributed by atoms with Crippen molar-refractivity contribution in [2.45, 2.75) is 5.41 Å². The van der Waals surface area contributed by atoms with Gasteiger partial charge in [-0.25, -0.2) is 0 Å². The minimum absolute atomic E-state index is 0.543. The van der Waals surface area contributed by atoms with E-state index in [1.807, 2.05) is 18.2 Å². The molecule has 0 N–H and O–H groups in total. The predicted molar refractivity (Wildman–Crippen MR) is 238 cm³/mol. The Morgan fingerprint density at radius 3 is 1.82 bits per heavy atom. The molecule has 1 aromatic heterocycles. The number of fused-ring (bicyclic) bond motifs is 10. The summed E-state index contributed by atoms with van der Waals surface area (Å²) in [5.74, 6) is 0. The van der Waals surface area contributed by atoms with Crippen LogP contribution in [0.1, 0.15) is 22.3 Å². The summed E-state index contributed by atoms with van der Waals surface area (Å²) in [6.07, 6.45) is 4.06. The maximum atomic E-state index is 6.37. The summed E-state index contributed by atoms with van der Waals surface area (Å²) in [7, 11) is 0. The van der Waals surface area contributed by atoms with Crippen molar-refractivity contribution in [1.82, 2.24) is 0 Å². The van der Waals surface area contributed by atoms with Crippen LogP contribution in [0.4, 0.5) is 17.1 Å². The van der Waals surface area contributed by atoms with Gasteiger partial charge in [-0.2, -0.15) is 0 Å². The van der Waals surface area contributed by atoms with Crippen LogP contribution in [-0.4, -0.2) is 0 Å². The highest BCUT2D eigenvalue weighted by atomic mass is 16.3. The van der Waals surface area contributed by atoms with Gasteiger partial charge in [0.05, 0.1) is 11.1 Å². The lowest BCUT2D eigenvalue weighted by molar-refractivity contribution is 0.669. The summed E-state index contributed by atoms with van der Waals surface area (Å²) in [5.41, 5.74) is 18.7. The topological polar surface area (TPSA) is 16.4 Å². The molecular weight excluding hydrogens is 691 g/mol. The lowest BCUT2D eigenvalue weighted by atomic mass is 9.69. The van der Waals surface area contributed by atoms with E-state index in [1.165, 1.54) is 39.0 Å². The van der Waals surface area contributed by atoms with Crippen molar-refractivity contribution in [2.24, 2.45) is 0 Å². The molecule has 8 aromatic carbocycles. The summed E-state index contributed by atoms with van der Waals surface area (Å²) >= 11 is 0. The van der Waals surface area contributed by atoms with Gasteiger partial charge in [0.2, 0.25) is 0 Å². The molecule has 2 heteroatoms. The fourth-order valence-corrected chi connectivity index (χ4v) is 9.67. The first-order valence-corrected chi connectivity index (χ1v) is 19.5. The van der Waals surface area contributed by atoms with Gasteiger partial charge in [0.25, 0.3) is 0 Å². The second-order valence-corrected chi connectivity index (χ2v) is 14.9. The zero-order chi connectivity index (χ0) is 38.1. The lowest BCUT2D eigenvalue weighted by Crippen LogP contribution is -2.27. The highest BCUT2D eigenvalue weighted by Gasteiger charge is 2.51. The Morgan fingerprint density at radius 2 is 1.04 bits per heavy atom. The third-order valence-corrected chi connectivity index (χ3v) is 12.1. The lowest BCUT2D eigenvalue weighted by Gasteiger charge is -2.33. The molecule has 0 fully saturated rings. The predicted octanol–water partition coefficient (Wildman–Crippen LogP) is 14.8.